The van der Waals surface area contributed by atoms with Crippen LogP contribution in [0.2, 0.25) is 0 Å². The van der Waals surface area contributed by atoms with Gasteiger partial charge in [-0.25, -0.2) is 4.39 Å². The molecule has 1 aromatic rings. The summed E-state index contributed by atoms with van der Waals surface area (Å²) in [5.41, 5.74) is 6.78. The highest BCUT2D eigenvalue weighted by atomic mass is 19.1. The van der Waals surface area contributed by atoms with Crippen molar-refractivity contribution in [2.75, 3.05) is 13.7 Å². The first-order chi connectivity index (χ1) is 7.29. The Kier molecular flexibility index (Phi) is 5.29. The molecule has 0 saturated heterocycles. The fourth-order valence-corrected chi connectivity index (χ4v) is 1.55. The first-order valence-electron chi connectivity index (χ1n) is 5.25. The number of hydrogen-bond donors (Lipinski definition) is 1. The molecule has 0 amide bonds. The minimum Gasteiger partial charge on any atom is -0.380 e. The molecule has 0 radical (unpaired) electrons. The monoisotopic (exact) mass is 211 g/mol. The highest BCUT2D eigenvalue weighted by molar-refractivity contribution is 5.25. The van der Waals surface area contributed by atoms with Crippen LogP contribution in [-0.2, 0) is 17.8 Å². The van der Waals surface area contributed by atoms with Gasteiger partial charge in [-0.2, -0.15) is 0 Å². The Hall–Kier alpha value is -0.930. The lowest BCUT2D eigenvalue weighted by Gasteiger charge is -2.07. The van der Waals surface area contributed by atoms with E-state index >= 15 is 0 Å². The van der Waals surface area contributed by atoms with Gasteiger partial charge in [-0.05, 0) is 31.4 Å². The van der Waals surface area contributed by atoms with Gasteiger partial charge >= 0.3 is 0 Å². The van der Waals surface area contributed by atoms with Crippen molar-refractivity contribution in [1.29, 1.82) is 0 Å². The maximum absolute atomic E-state index is 13.8. The van der Waals surface area contributed by atoms with Crippen LogP contribution in [0, 0.1) is 5.82 Å². The lowest BCUT2D eigenvalue weighted by atomic mass is 10.0. The lowest BCUT2D eigenvalue weighted by molar-refractivity contribution is 0.181. The molecule has 3 heteroatoms. The van der Waals surface area contributed by atoms with E-state index in [9.17, 15) is 4.39 Å². The predicted molar refractivity (Wildman–Crippen MR) is 59.1 cm³/mol. The van der Waals surface area contributed by atoms with Crippen LogP contribution in [0.15, 0.2) is 18.2 Å². The van der Waals surface area contributed by atoms with Crippen molar-refractivity contribution in [3.05, 3.63) is 35.1 Å². The minimum absolute atomic E-state index is 0.128. The molecule has 0 bridgehead atoms. The van der Waals surface area contributed by atoms with E-state index in [2.05, 4.69) is 0 Å². The van der Waals surface area contributed by atoms with Crippen LogP contribution in [-0.4, -0.2) is 13.7 Å². The third-order valence-electron chi connectivity index (χ3n) is 2.36. The Balaban J connectivity index is 2.66. The molecule has 0 aromatic heterocycles. The summed E-state index contributed by atoms with van der Waals surface area (Å²) in [6.07, 6.45) is 2.62. The van der Waals surface area contributed by atoms with Gasteiger partial charge in [0.25, 0.3) is 0 Å². The van der Waals surface area contributed by atoms with Crippen LogP contribution < -0.4 is 5.73 Å². The van der Waals surface area contributed by atoms with E-state index in [1.54, 1.807) is 13.2 Å². The van der Waals surface area contributed by atoms with Gasteiger partial charge in [0.2, 0.25) is 0 Å². The molecule has 0 aliphatic carbocycles. The summed E-state index contributed by atoms with van der Waals surface area (Å²) in [6, 6.07) is 5.45. The number of aryl methyl sites for hydroxylation is 1. The number of rotatable bonds is 6. The van der Waals surface area contributed by atoms with Crippen molar-refractivity contribution in [1.82, 2.24) is 0 Å². The van der Waals surface area contributed by atoms with Gasteiger partial charge in [-0.3, -0.25) is 0 Å². The average Bonchev–Trinajstić information content (AvgIpc) is 2.24. The van der Waals surface area contributed by atoms with Gasteiger partial charge in [0.05, 0.1) is 6.61 Å². The zero-order chi connectivity index (χ0) is 11.1. The van der Waals surface area contributed by atoms with Gasteiger partial charge in [-0.1, -0.05) is 18.2 Å². The van der Waals surface area contributed by atoms with Crippen LogP contribution in [0.25, 0.3) is 0 Å². The summed E-state index contributed by atoms with van der Waals surface area (Å²) in [7, 11) is 1.57. The van der Waals surface area contributed by atoms with E-state index < -0.39 is 0 Å². The van der Waals surface area contributed by atoms with E-state index in [1.807, 2.05) is 12.1 Å². The summed E-state index contributed by atoms with van der Waals surface area (Å²) >= 11 is 0. The summed E-state index contributed by atoms with van der Waals surface area (Å²) in [5.74, 6) is -0.128. The van der Waals surface area contributed by atoms with Crippen molar-refractivity contribution >= 4 is 0 Å². The summed E-state index contributed by atoms with van der Waals surface area (Å²) in [4.78, 5) is 0. The van der Waals surface area contributed by atoms with Crippen LogP contribution in [0.3, 0.4) is 0 Å². The molecule has 0 aliphatic heterocycles. The molecule has 84 valence electrons. The van der Waals surface area contributed by atoms with Crippen LogP contribution in [0.1, 0.15) is 24.0 Å². The highest BCUT2D eigenvalue weighted by Crippen LogP contribution is 2.15. The van der Waals surface area contributed by atoms with Crippen molar-refractivity contribution in [3.8, 4) is 0 Å². The van der Waals surface area contributed by atoms with Crippen LogP contribution in [0.5, 0.6) is 0 Å². The molecule has 2 nitrogen and oxygen atoms in total. The molecule has 0 saturated carbocycles. The van der Waals surface area contributed by atoms with E-state index in [0.29, 0.717) is 18.7 Å². The summed E-state index contributed by atoms with van der Waals surface area (Å²) in [5, 5.41) is 0. The number of unbranched alkanes of at least 4 members (excludes halogenated alkanes) is 1. The van der Waals surface area contributed by atoms with E-state index in [-0.39, 0.29) is 5.82 Å². The lowest BCUT2D eigenvalue weighted by Crippen LogP contribution is -2.01. The second-order valence-corrected chi connectivity index (χ2v) is 3.57. The second-order valence-electron chi connectivity index (χ2n) is 3.57. The molecular weight excluding hydrogens is 193 g/mol. The predicted octanol–water partition coefficient (Wildman–Crippen LogP) is 2.25. The first kappa shape index (κ1) is 12.1. The number of methoxy groups -OCH3 is 1. The molecule has 0 aliphatic rings. The van der Waals surface area contributed by atoms with Crippen LogP contribution in [0.4, 0.5) is 4.39 Å². The first-order valence-corrected chi connectivity index (χ1v) is 5.25. The topological polar surface area (TPSA) is 35.2 Å². The molecule has 0 unspecified atom stereocenters. The second kappa shape index (κ2) is 6.53. The number of hydrogen-bond acceptors (Lipinski definition) is 2. The fourth-order valence-electron chi connectivity index (χ4n) is 1.55. The molecule has 0 heterocycles. The number of ether oxygens (including phenoxy) is 1. The zero-order valence-electron chi connectivity index (χ0n) is 9.13. The summed E-state index contributed by atoms with van der Waals surface area (Å²) < 4.78 is 18.7. The van der Waals surface area contributed by atoms with Gasteiger partial charge in [0, 0.05) is 12.7 Å². The Morgan fingerprint density at radius 2 is 2.00 bits per heavy atom. The maximum atomic E-state index is 13.8. The van der Waals surface area contributed by atoms with Crippen molar-refractivity contribution in [2.45, 2.75) is 25.9 Å². The Bertz CT molecular complexity index is 302. The van der Waals surface area contributed by atoms with Crippen LogP contribution >= 0.6 is 0 Å². The fraction of sp³-hybridized carbons (Fsp3) is 0.500. The van der Waals surface area contributed by atoms with Gasteiger partial charge in [0.15, 0.2) is 0 Å². The largest absolute Gasteiger partial charge is 0.380 e. The van der Waals surface area contributed by atoms with Gasteiger partial charge in [0.1, 0.15) is 5.82 Å². The summed E-state index contributed by atoms with van der Waals surface area (Å²) in [6.45, 7) is 0.996. The smallest absolute Gasteiger partial charge is 0.131 e. The zero-order valence-corrected chi connectivity index (χ0v) is 9.13. The SMILES string of the molecule is COCc1cccc(CCCCN)c1F. The quantitative estimate of drug-likeness (QED) is 0.732. The highest BCUT2D eigenvalue weighted by Gasteiger charge is 2.06. The maximum Gasteiger partial charge on any atom is 0.131 e. The van der Waals surface area contributed by atoms with E-state index in [1.165, 1.54) is 0 Å². The third-order valence-corrected chi connectivity index (χ3v) is 2.36. The molecule has 1 aromatic carbocycles. The Morgan fingerprint density at radius 3 is 2.67 bits per heavy atom. The number of halogens is 1. The standard InChI is InChI=1S/C12H18FNO/c1-15-9-11-7-4-6-10(12(11)13)5-2-3-8-14/h4,6-7H,2-3,5,8-9,14H2,1H3. The van der Waals surface area contributed by atoms with E-state index in [0.717, 1.165) is 24.8 Å². The number of benzene rings is 1. The average molecular weight is 211 g/mol. The Morgan fingerprint density at radius 1 is 1.27 bits per heavy atom. The number of nitrogens with two attached hydrogens (primary N) is 1. The molecule has 15 heavy (non-hydrogen) atoms. The Labute approximate surface area is 90.2 Å². The van der Waals surface area contributed by atoms with Crippen molar-refractivity contribution < 1.29 is 9.13 Å². The van der Waals surface area contributed by atoms with Crippen molar-refractivity contribution in [2.24, 2.45) is 5.73 Å². The minimum atomic E-state index is -0.128. The normalized spacial score (nSPS) is 10.6. The molecular formula is C12H18FNO. The van der Waals surface area contributed by atoms with Gasteiger partial charge in [-0.15, -0.1) is 0 Å². The molecule has 0 fully saturated rings. The molecule has 2 N–H and O–H groups in total. The third kappa shape index (κ3) is 3.61. The van der Waals surface area contributed by atoms with Crippen molar-refractivity contribution in [3.63, 3.8) is 0 Å². The molecule has 0 spiro atoms. The molecule has 0 atom stereocenters. The molecule has 1 rings (SSSR count). The van der Waals surface area contributed by atoms with E-state index in [4.69, 9.17) is 10.5 Å². The van der Waals surface area contributed by atoms with Gasteiger partial charge < -0.3 is 10.5 Å².